The van der Waals surface area contributed by atoms with Crippen LogP contribution in [-0.2, 0) is 32.8 Å². The fourth-order valence-corrected chi connectivity index (χ4v) is 8.89. The number of esters is 1. The highest BCUT2D eigenvalue weighted by Crippen LogP contribution is 2.46. The molecule has 2 bridgehead atoms. The number of anilines is 1. The van der Waals surface area contributed by atoms with E-state index in [0.717, 1.165) is 56.7 Å². The van der Waals surface area contributed by atoms with Gasteiger partial charge in [0, 0.05) is 36.7 Å². The summed E-state index contributed by atoms with van der Waals surface area (Å²) in [5.74, 6) is -1.18. The van der Waals surface area contributed by atoms with Gasteiger partial charge >= 0.3 is 18.6 Å². The second-order valence-corrected chi connectivity index (χ2v) is 16.3. The number of pyridine rings is 1. The van der Waals surface area contributed by atoms with E-state index in [4.69, 9.17) is 37.4 Å². The largest absolute Gasteiger partial charge is 0.619 e. The molecule has 308 valence electrons. The monoisotopic (exact) mass is 838 g/mol. The Morgan fingerprint density at radius 2 is 1.72 bits per heavy atom. The maximum absolute atomic E-state index is 13.7. The van der Waals surface area contributed by atoms with Gasteiger partial charge in [-0.25, -0.2) is 4.79 Å². The van der Waals surface area contributed by atoms with Crippen LogP contribution in [0.25, 0.3) is 0 Å². The molecule has 8 rings (SSSR count). The third-order valence-electron chi connectivity index (χ3n) is 11.3. The lowest BCUT2D eigenvalue weighted by Crippen LogP contribution is -2.60. The first kappa shape index (κ1) is 41.5. The first-order valence-electron chi connectivity index (χ1n) is 19.4. The highest BCUT2D eigenvalue weighted by atomic mass is 35.5. The number of ether oxygens (including phenoxy) is 3. The van der Waals surface area contributed by atoms with Crippen LogP contribution in [0.2, 0.25) is 10.0 Å². The molecule has 0 spiro atoms. The Morgan fingerprint density at radius 3 is 2.36 bits per heavy atom. The number of hydrogen-bond acceptors (Lipinski definition) is 9. The molecule has 3 atom stereocenters. The molecule has 4 fully saturated rings. The number of carboxylic acids is 1. The third-order valence-corrected chi connectivity index (χ3v) is 12.0. The van der Waals surface area contributed by atoms with Crippen LogP contribution in [0.4, 0.5) is 14.5 Å². The van der Waals surface area contributed by atoms with Gasteiger partial charge in [-0.05, 0) is 98.6 Å². The van der Waals surface area contributed by atoms with Crippen molar-refractivity contribution in [1.82, 2.24) is 9.80 Å². The van der Waals surface area contributed by atoms with Gasteiger partial charge in [0.05, 0.1) is 13.2 Å². The quantitative estimate of drug-likeness (QED) is 0.0585. The summed E-state index contributed by atoms with van der Waals surface area (Å²) in [6, 6.07) is 21.2. The van der Waals surface area contributed by atoms with E-state index < -0.39 is 30.2 Å². The number of carbonyl (C=O) groups excluding carboxylic acids is 1. The first-order valence-corrected chi connectivity index (χ1v) is 20.2. The van der Waals surface area contributed by atoms with E-state index in [1.54, 1.807) is 11.9 Å². The van der Waals surface area contributed by atoms with Gasteiger partial charge in [0.25, 0.3) is 0 Å². The highest BCUT2D eigenvalue weighted by molar-refractivity contribution is 6.35. The van der Waals surface area contributed by atoms with Crippen molar-refractivity contribution in [3.05, 3.63) is 123 Å². The van der Waals surface area contributed by atoms with Crippen LogP contribution in [0.1, 0.15) is 54.0 Å². The van der Waals surface area contributed by atoms with Crippen LogP contribution in [0.3, 0.4) is 0 Å². The molecule has 11 nitrogen and oxygen atoms in total. The maximum atomic E-state index is 13.7. The topological polar surface area (TPSA) is 128 Å². The zero-order valence-electron chi connectivity index (χ0n) is 32.0. The van der Waals surface area contributed by atoms with Crippen LogP contribution in [0, 0.1) is 23.0 Å². The van der Waals surface area contributed by atoms with Crippen molar-refractivity contribution in [2.75, 3.05) is 45.2 Å². The summed E-state index contributed by atoms with van der Waals surface area (Å²) >= 11 is 12.9. The third kappa shape index (κ3) is 9.77. The zero-order valence-corrected chi connectivity index (χ0v) is 33.5. The number of alkyl halides is 2. The van der Waals surface area contributed by atoms with E-state index in [-0.39, 0.29) is 46.3 Å². The van der Waals surface area contributed by atoms with E-state index in [0.29, 0.717) is 52.7 Å². The Balaban J connectivity index is 1.09. The molecule has 1 saturated carbocycles. The fraction of sp³-hybridized carbons (Fsp3) is 0.419. The number of hydrogen-bond donors (Lipinski definition) is 2. The van der Waals surface area contributed by atoms with Crippen LogP contribution in [-0.4, -0.2) is 73.3 Å². The predicted octanol–water partition coefficient (Wildman–Crippen LogP) is 7.71. The van der Waals surface area contributed by atoms with Crippen LogP contribution in [0.5, 0.6) is 11.5 Å². The summed E-state index contributed by atoms with van der Waals surface area (Å²) < 4.78 is 43.7. The summed E-state index contributed by atoms with van der Waals surface area (Å²) in [5.41, 5.74) is 1.58. The standard InChI is InChI=1S/C43H46Cl2F2N4O7/c1-49(21-28-6-5-9-32(18-28)48-43(41(53)54,31-7-3-2-4-8-31)34-22-50-16-14-29(34)15-17-50)25-40(52)57-38(20-33-35(44)23-51(55)24-36(33)45)30-12-13-37(58-42(46)47)39(19-30)56-26-27-10-11-27/h2-9,12-13,18-19,23-24,27,29,34,38,42,48H,10-11,14-17,20-22,25-26H2,1H3,(H,53,54)/t34-,38-,43?/m0/s1. The van der Waals surface area contributed by atoms with Crippen LogP contribution < -0.4 is 19.5 Å². The highest BCUT2D eigenvalue weighted by Gasteiger charge is 2.53. The molecule has 3 aromatic carbocycles. The van der Waals surface area contributed by atoms with Gasteiger partial charge in [0.1, 0.15) is 16.1 Å². The Bertz CT molecular complexity index is 2060. The Morgan fingerprint density at radius 1 is 1.00 bits per heavy atom. The minimum Gasteiger partial charge on any atom is -0.619 e. The normalized spacial score (nSPS) is 20.4. The number of nitrogens with one attached hydrogen (secondary N) is 1. The lowest BCUT2D eigenvalue weighted by molar-refractivity contribution is -0.605. The number of fused-ring (bicyclic) bond motifs is 3. The van der Waals surface area contributed by atoms with E-state index in [9.17, 15) is 28.7 Å². The Hall–Kier alpha value is -4.69. The van der Waals surface area contributed by atoms with Gasteiger partial charge in [-0.1, -0.05) is 71.7 Å². The molecule has 0 amide bonds. The van der Waals surface area contributed by atoms with E-state index >= 15 is 0 Å². The summed E-state index contributed by atoms with van der Waals surface area (Å²) in [4.78, 5) is 31.3. The predicted molar refractivity (Wildman–Crippen MR) is 214 cm³/mol. The van der Waals surface area contributed by atoms with Crippen molar-refractivity contribution in [2.45, 2.75) is 56.9 Å². The molecule has 4 aromatic rings. The van der Waals surface area contributed by atoms with Crippen molar-refractivity contribution in [3.8, 4) is 11.5 Å². The number of nitrogens with zero attached hydrogens (tertiary/aromatic N) is 3. The maximum Gasteiger partial charge on any atom is 0.387 e. The van der Waals surface area contributed by atoms with E-state index in [1.807, 2.05) is 54.6 Å². The second kappa shape index (κ2) is 18.1. The van der Waals surface area contributed by atoms with Crippen LogP contribution >= 0.6 is 23.2 Å². The number of aliphatic carboxylic acids is 1. The van der Waals surface area contributed by atoms with Gasteiger partial charge in [-0.2, -0.15) is 13.5 Å². The molecular formula is C43H46Cl2F2N4O7. The van der Waals surface area contributed by atoms with Gasteiger partial charge in [-0.3, -0.25) is 9.69 Å². The molecule has 15 heteroatoms. The first-order chi connectivity index (χ1) is 27.9. The Labute approximate surface area is 346 Å². The molecule has 2 N–H and O–H groups in total. The number of carboxylic acid groups (broad SMARTS) is 1. The molecule has 3 aliphatic heterocycles. The van der Waals surface area contributed by atoms with Crippen LogP contribution in [0.15, 0.2) is 85.2 Å². The summed E-state index contributed by atoms with van der Waals surface area (Å²) in [6.45, 7) is 0.0507. The number of piperidine rings is 3. The lowest BCUT2D eigenvalue weighted by atomic mass is 9.65. The van der Waals surface area contributed by atoms with Gasteiger partial charge in [0.15, 0.2) is 29.4 Å². The molecule has 1 unspecified atom stereocenters. The number of carbonyl (C=O) groups is 2. The summed E-state index contributed by atoms with van der Waals surface area (Å²) in [6.07, 6.45) is 5.08. The average Bonchev–Trinajstić information content (AvgIpc) is 4.03. The summed E-state index contributed by atoms with van der Waals surface area (Å²) in [7, 11) is 1.76. The van der Waals surface area contributed by atoms with Gasteiger partial charge in [0.2, 0.25) is 0 Å². The van der Waals surface area contributed by atoms with E-state index in [2.05, 4.69) is 10.2 Å². The van der Waals surface area contributed by atoms with Crippen molar-refractivity contribution < 1.29 is 42.4 Å². The minimum atomic E-state index is -3.08. The molecule has 0 radical (unpaired) electrons. The van der Waals surface area contributed by atoms with Crippen molar-refractivity contribution >= 4 is 40.8 Å². The average molecular weight is 840 g/mol. The molecule has 1 aromatic heterocycles. The molecule has 4 aliphatic rings. The number of halogens is 4. The number of aromatic nitrogens is 1. The smallest absolute Gasteiger partial charge is 0.387 e. The lowest BCUT2D eigenvalue weighted by Gasteiger charge is -2.52. The van der Waals surface area contributed by atoms with Gasteiger partial charge in [-0.15, -0.1) is 0 Å². The van der Waals surface area contributed by atoms with E-state index in [1.165, 1.54) is 18.2 Å². The molecule has 1 aliphatic carbocycles. The van der Waals surface area contributed by atoms with Gasteiger partial charge < -0.3 is 34.7 Å². The molecule has 58 heavy (non-hydrogen) atoms. The number of rotatable bonds is 18. The minimum absolute atomic E-state index is 0.0366. The molecular weight excluding hydrogens is 793 g/mol. The van der Waals surface area contributed by atoms with Crippen molar-refractivity contribution in [1.29, 1.82) is 0 Å². The summed E-state index contributed by atoms with van der Waals surface area (Å²) in [5, 5.41) is 26.6. The molecule has 4 heterocycles. The number of likely N-dealkylation sites (N-methyl/N-ethyl adjacent to an activating group) is 1. The Kier molecular flexibility index (Phi) is 12.9. The van der Waals surface area contributed by atoms with Crippen molar-refractivity contribution in [2.24, 2.45) is 17.8 Å². The number of benzene rings is 3. The fourth-order valence-electron chi connectivity index (χ4n) is 8.29. The SMILES string of the molecule is CN(CC(=O)O[C@@H](Cc1c(Cl)c[n+]([O-])cc1Cl)c1ccc(OC(F)F)c(OCC2CC2)c1)Cc1cccc(NC(C(=O)O)(c2ccccc2)[C@H]2CN3CCC2CC3)c1. The molecule has 3 saturated heterocycles. The van der Waals surface area contributed by atoms with Crippen molar-refractivity contribution in [3.63, 3.8) is 0 Å². The zero-order chi connectivity index (χ0) is 41.0. The second-order valence-electron chi connectivity index (χ2n) is 15.5.